The number of nitrogens with two attached hydrogens (primary N) is 1. The molecule has 3 heteroatoms. The van der Waals surface area contributed by atoms with Gasteiger partial charge in [-0.1, -0.05) is 36.2 Å². The molecule has 0 saturated heterocycles. The first-order chi connectivity index (χ1) is 7.54. The Morgan fingerprint density at radius 1 is 1.38 bits per heavy atom. The molecule has 1 unspecified atom stereocenters. The van der Waals surface area contributed by atoms with Crippen molar-refractivity contribution in [2.75, 3.05) is 6.61 Å². The van der Waals surface area contributed by atoms with Crippen LogP contribution in [0, 0.1) is 5.92 Å². The van der Waals surface area contributed by atoms with Crippen LogP contribution in [0.15, 0.2) is 22.7 Å². The minimum Gasteiger partial charge on any atom is -0.493 e. The molecule has 1 rings (SSSR count). The summed E-state index contributed by atoms with van der Waals surface area (Å²) in [6.45, 7) is 7.07. The second-order valence-corrected chi connectivity index (χ2v) is 5.21. The number of ether oxygens (including phenoxy) is 1. The van der Waals surface area contributed by atoms with Crippen LogP contribution in [0.2, 0.25) is 0 Å². The summed E-state index contributed by atoms with van der Waals surface area (Å²) in [4.78, 5) is 0. The molecule has 2 N–H and O–H groups in total. The lowest BCUT2D eigenvalue weighted by molar-refractivity contribution is 0.253. The van der Waals surface area contributed by atoms with Crippen LogP contribution in [0.4, 0.5) is 0 Å². The first-order valence-electron chi connectivity index (χ1n) is 5.72. The van der Waals surface area contributed by atoms with Crippen molar-refractivity contribution in [1.29, 1.82) is 0 Å². The van der Waals surface area contributed by atoms with Crippen molar-refractivity contribution in [1.82, 2.24) is 0 Å². The number of benzene rings is 1. The van der Waals surface area contributed by atoms with Crippen LogP contribution in [-0.2, 0) is 0 Å². The average Bonchev–Trinajstić information content (AvgIpc) is 2.26. The maximum absolute atomic E-state index is 5.92. The molecule has 0 aliphatic rings. The van der Waals surface area contributed by atoms with E-state index in [9.17, 15) is 0 Å². The van der Waals surface area contributed by atoms with E-state index in [2.05, 4.69) is 29.8 Å². The molecular formula is C13H20BrNO. The molecule has 0 bridgehead atoms. The molecule has 0 spiro atoms. The van der Waals surface area contributed by atoms with Gasteiger partial charge in [-0.2, -0.15) is 0 Å². The number of halogens is 1. The van der Waals surface area contributed by atoms with E-state index in [-0.39, 0.29) is 6.04 Å². The third-order valence-electron chi connectivity index (χ3n) is 2.68. The Hall–Kier alpha value is -0.540. The number of hydrogen-bond donors (Lipinski definition) is 1. The van der Waals surface area contributed by atoms with Gasteiger partial charge in [-0.3, -0.25) is 0 Å². The van der Waals surface area contributed by atoms with Gasteiger partial charge in [0.05, 0.1) is 6.61 Å². The molecule has 2 nitrogen and oxygen atoms in total. The molecule has 0 aliphatic carbocycles. The zero-order valence-corrected chi connectivity index (χ0v) is 11.8. The zero-order chi connectivity index (χ0) is 12.1. The van der Waals surface area contributed by atoms with Gasteiger partial charge in [-0.15, -0.1) is 0 Å². The van der Waals surface area contributed by atoms with Gasteiger partial charge in [0.2, 0.25) is 0 Å². The lowest BCUT2D eigenvalue weighted by Crippen LogP contribution is -2.12. The van der Waals surface area contributed by atoms with Crippen molar-refractivity contribution in [2.45, 2.75) is 33.2 Å². The standard InChI is InChI=1S/C13H20BrNO/c1-4-9(2)8-16-13-6-5-11(14)7-12(13)10(3)15/h5-7,9-10H,4,8,15H2,1-3H3/t9?,10-/m0/s1. The maximum atomic E-state index is 5.92. The van der Waals surface area contributed by atoms with Gasteiger partial charge in [0.1, 0.15) is 5.75 Å². The molecule has 2 atom stereocenters. The Balaban J connectivity index is 2.78. The maximum Gasteiger partial charge on any atom is 0.124 e. The van der Waals surface area contributed by atoms with Gasteiger partial charge >= 0.3 is 0 Å². The van der Waals surface area contributed by atoms with Crippen molar-refractivity contribution in [2.24, 2.45) is 11.7 Å². The van der Waals surface area contributed by atoms with Crippen molar-refractivity contribution >= 4 is 15.9 Å². The van der Waals surface area contributed by atoms with E-state index in [1.165, 1.54) is 0 Å². The molecule has 90 valence electrons. The third-order valence-corrected chi connectivity index (χ3v) is 3.18. The summed E-state index contributed by atoms with van der Waals surface area (Å²) < 4.78 is 6.84. The Morgan fingerprint density at radius 3 is 2.62 bits per heavy atom. The number of hydrogen-bond acceptors (Lipinski definition) is 2. The summed E-state index contributed by atoms with van der Waals surface area (Å²) in [6, 6.07) is 5.98. The molecule has 0 aromatic heterocycles. The fourth-order valence-corrected chi connectivity index (χ4v) is 1.74. The molecule has 0 amide bonds. The normalized spacial score (nSPS) is 14.6. The third kappa shape index (κ3) is 3.80. The highest BCUT2D eigenvalue weighted by atomic mass is 79.9. The van der Waals surface area contributed by atoms with Crippen LogP contribution in [-0.4, -0.2) is 6.61 Å². The molecule has 0 heterocycles. The van der Waals surface area contributed by atoms with Crippen LogP contribution in [0.25, 0.3) is 0 Å². The highest BCUT2D eigenvalue weighted by Crippen LogP contribution is 2.27. The molecule has 1 aromatic rings. The summed E-state index contributed by atoms with van der Waals surface area (Å²) in [6.07, 6.45) is 1.13. The van der Waals surface area contributed by atoms with Crippen molar-refractivity contribution in [3.05, 3.63) is 28.2 Å². The smallest absolute Gasteiger partial charge is 0.124 e. The first kappa shape index (κ1) is 13.5. The predicted molar refractivity (Wildman–Crippen MR) is 71.7 cm³/mol. The van der Waals surface area contributed by atoms with Gasteiger partial charge < -0.3 is 10.5 Å². The zero-order valence-electron chi connectivity index (χ0n) is 10.2. The minimum atomic E-state index is -0.00978. The Kier molecular flexibility index (Phi) is 5.29. The lowest BCUT2D eigenvalue weighted by atomic mass is 10.1. The van der Waals surface area contributed by atoms with Gasteiger partial charge in [0.15, 0.2) is 0 Å². The van der Waals surface area contributed by atoms with Gasteiger partial charge in [-0.25, -0.2) is 0 Å². The van der Waals surface area contributed by atoms with Gasteiger partial charge in [0, 0.05) is 16.1 Å². The summed E-state index contributed by atoms with van der Waals surface area (Å²) in [5.41, 5.74) is 6.97. The van der Waals surface area contributed by atoms with E-state index in [1.54, 1.807) is 0 Å². The fraction of sp³-hybridized carbons (Fsp3) is 0.538. The molecular weight excluding hydrogens is 266 g/mol. The van der Waals surface area contributed by atoms with Gasteiger partial charge in [-0.05, 0) is 31.0 Å². The van der Waals surface area contributed by atoms with E-state index in [1.807, 2.05) is 25.1 Å². The van der Waals surface area contributed by atoms with Crippen molar-refractivity contribution in [3.8, 4) is 5.75 Å². The SMILES string of the molecule is CCC(C)COc1ccc(Br)cc1[C@H](C)N. The second-order valence-electron chi connectivity index (χ2n) is 4.30. The molecule has 0 radical (unpaired) electrons. The second kappa shape index (κ2) is 6.26. The van der Waals surface area contributed by atoms with E-state index >= 15 is 0 Å². The predicted octanol–water partition coefficient (Wildman–Crippen LogP) is 3.89. The molecule has 1 aromatic carbocycles. The fourth-order valence-electron chi connectivity index (χ4n) is 1.36. The minimum absolute atomic E-state index is 0.00978. The highest BCUT2D eigenvalue weighted by Gasteiger charge is 2.09. The quantitative estimate of drug-likeness (QED) is 0.891. The lowest BCUT2D eigenvalue weighted by Gasteiger charge is -2.16. The van der Waals surface area contributed by atoms with Crippen LogP contribution in [0.1, 0.15) is 38.8 Å². The molecule has 0 fully saturated rings. The Labute approximate surface area is 106 Å². The summed E-state index contributed by atoms with van der Waals surface area (Å²) >= 11 is 3.45. The average molecular weight is 286 g/mol. The Morgan fingerprint density at radius 2 is 2.06 bits per heavy atom. The molecule has 0 aliphatic heterocycles. The van der Waals surface area contributed by atoms with Crippen LogP contribution in [0.5, 0.6) is 5.75 Å². The van der Waals surface area contributed by atoms with Crippen LogP contribution in [0.3, 0.4) is 0 Å². The summed E-state index contributed by atoms with van der Waals surface area (Å²) in [5, 5.41) is 0. The Bertz CT molecular complexity index is 339. The van der Waals surface area contributed by atoms with E-state index in [0.717, 1.165) is 28.8 Å². The largest absolute Gasteiger partial charge is 0.493 e. The van der Waals surface area contributed by atoms with E-state index in [0.29, 0.717) is 5.92 Å². The number of rotatable bonds is 5. The van der Waals surface area contributed by atoms with E-state index < -0.39 is 0 Å². The summed E-state index contributed by atoms with van der Waals surface area (Å²) in [5.74, 6) is 1.48. The summed E-state index contributed by atoms with van der Waals surface area (Å²) in [7, 11) is 0. The van der Waals surface area contributed by atoms with Crippen molar-refractivity contribution < 1.29 is 4.74 Å². The van der Waals surface area contributed by atoms with E-state index in [4.69, 9.17) is 10.5 Å². The molecule has 16 heavy (non-hydrogen) atoms. The van der Waals surface area contributed by atoms with Crippen LogP contribution >= 0.6 is 15.9 Å². The highest BCUT2D eigenvalue weighted by molar-refractivity contribution is 9.10. The van der Waals surface area contributed by atoms with Crippen LogP contribution < -0.4 is 10.5 Å². The van der Waals surface area contributed by atoms with Gasteiger partial charge in [0.25, 0.3) is 0 Å². The monoisotopic (exact) mass is 285 g/mol. The van der Waals surface area contributed by atoms with Crippen molar-refractivity contribution in [3.63, 3.8) is 0 Å². The first-order valence-corrected chi connectivity index (χ1v) is 6.51. The molecule has 0 saturated carbocycles. The topological polar surface area (TPSA) is 35.2 Å².